The Kier molecular flexibility index (Phi) is 3.64. The van der Waals surface area contributed by atoms with E-state index < -0.39 is 36.1 Å². The minimum atomic E-state index is -4.46. The first-order chi connectivity index (χ1) is 10.3. The lowest BCUT2D eigenvalue weighted by molar-refractivity contribution is -0.254. The summed E-state index contributed by atoms with van der Waals surface area (Å²) < 4.78 is 46.8. The van der Waals surface area contributed by atoms with Crippen LogP contribution in [0.2, 0.25) is 0 Å². The molecule has 0 bridgehead atoms. The molecule has 2 N–H and O–H groups in total. The summed E-state index contributed by atoms with van der Waals surface area (Å²) in [6.45, 7) is -0.650. The monoisotopic (exact) mass is 316 g/mol. The van der Waals surface area contributed by atoms with Crippen molar-refractivity contribution in [1.29, 1.82) is 0 Å². The second-order valence-electron chi connectivity index (χ2n) is 6.25. The van der Waals surface area contributed by atoms with Crippen LogP contribution in [0, 0.1) is 11.3 Å². The molecular weight excluding hydrogens is 297 g/mol. The Morgan fingerprint density at radius 2 is 2.09 bits per heavy atom. The van der Waals surface area contributed by atoms with Gasteiger partial charge in [-0.1, -0.05) is 6.07 Å². The van der Waals surface area contributed by atoms with E-state index in [0.717, 1.165) is 5.56 Å². The number of ether oxygens (including phenoxy) is 1. The highest BCUT2D eigenvalue weighted by Gasteiger charge is 2.69. The highest BCUT2D eigenvalue weighted by Crippen LogP contribution is 2.65. The van der Waals surface area contributed by atoms with Gasteiger partial charge >= 0.3 is 6.18 Å². The molecule has 0 spiro atoms. The van der Waals surface area contributed by atoms with Crippen molar-refractivity contribution in [2.75, 3.05) is 13.7 Å². The van der Waals surface area contributed by atoms with Gasteiger partial charge in [0.2, 0.25) is 0 Å². The molecule has 0 aliphatic heterocycles. The van der Waals surface area contributed by atoms with Crippen LogP contribution in [0.25, 0.3) is 0 Å². The molecule has 0 radical (unpaired) electrons. The highest BCUT2D eigenvalue weighted by molar-refractivity contribution is 5.43. The maximum Gasteiger partial charge on any atom is 0.395 e. The minimum Gasteiger partial charge on any atom is -0.497 e. The summed E-state index contributed by atoms with van der Waals surface area (Å²) in [6.07, 6.45) is -5.40. The van der Waals surface area contributed by atoms with E-state index in [4.69, 9.17) is 4.74 Å². The summed E-state index contributed by atoms with van der Waals surface area (Å²) in [6, 6.07) is 5.10. The Morgan fingerprint density at radius 1 is 1.36 bits per heavy atom. The van der Waals surface area contributed by atoms with Crippen LogP contribution in [0.5, 0.6) is 5.75 Å². The zero-order valence-corrected chi connectivity index (χ0v) is 12.2. The van der Waals surface area contributed by atoms with Gasteiger partial charge in [-0.25, -0.2) is 0 Å². The third-order valence-electron chi connectivity index (χ3n) is 5.48. The van der Waals surface area contributed by atoms with Gasteiger partial charge in [-0.15, -0.1) is 0 Å². The molecule has 0 heterocycles. The molecule has 3 nitrogen and oxygen atoms in total. The van der Waals surface area contributed by atoms with Gasteiger partial charge in [-0.2, -0.15) is 13.2 Å². The lowest BCUT2D eigenvalue weighted by Crippen LogP contribution is -2.49. The molecule has 0 saturated heterocycles. The largest absolute Gasteiger partial charge is 0.497 e. The number of methoxy groups -OCH3 is 1. The zero-order valence-electron chi connectivity index (χ0n) is 12.2. The van der Waals surface area contributed by atoms with Crippen molar-refractivity contribution in [2.24, 2.45) is 11.3 Å². The first-order valence-corrected chi connectivity index (χ1v) is 7.37. The molecule has 2 aliphatic rings. The Balaban J connectivity index is 2.13. The van der Waals surface area contributed by atoms with Gasteiger partial charge in [0.15, 0.2) is 0 Å². The molecule has 0 amide bonds. The molecule has 2 aliphatic carbocycles. The van der Waals surface area contributed by atoms with Crippen LogP contribution in [0.15, 0.2) is 18.2 Å². The van der Waals surface area contributed by atoms with Crippen molar-refractivity contribution >= 4 is 0 Å². The highest BCUT2D eigenvalue weighted by atomic mass is 19.4. The Hall–Kier alpha value is -1.27. The Morgan fingerprint density at radius 3 is 2.68 bits per heavy atom. The van der Waals surface area contributed by atoms with E-state index in [2.05, 4.69) is 0 Å². The first-order valence-electron chi connectivity index (χ1n) is 7.37. The molecule has 122 valence electrons. The predicted octanol–water partition coefficient (Wildman–Crippen LogP) is 2.65. The number of alkyl halides is 3. The summed E-state index contributed by atoms with van der Waals surface area (Å²) in [5, 5.41) is 19.5. The number of rotatable bonds is 2. The number of hydrogen-bond donors (Lipinski definition) is 2. The van der Waals surface area contributed by atoms with Crippen molar-refractivity contribution < 1.29 is 28.1 Å². The van der Waals surface area contributed by atoms with Crippen molar-refractivity contribution in [2.45, 2.75) is 37.5 Å². The average Bonchev–Trinajstić information content (AvgIpc) is 2.78. The third-order valence-corrected chi connectivity index (χ3v) is 5.48. The zero-order chi connectivity index (χ0) is 16.1. The average molecular weight is 316 g/mol. The minimum absolute atomic E-state index is 0.0318. The summed E-state index contributed by atoms with van der Waals surface area (Å²) in [5.74, 6) is -1.35. The van der Waals surface area contributed by atoms with Gasteiger partial charge in [0, 0.05) is 18.4 Å². The first kappa shape index (κ1) is 15.6. The van der Waals surface area contributed by atoms with Crippen LogP contribution in [0.1, 0.15) is 29.9 Å². The van der Waals surface area contributed by atoms with Crippen LogP contribution < -0.4 is 4.74 Å². The molecule has 3 rings (SSSR count). The van der Waals surface area contributed by atoms with Crippen molar-refractivity contribution in [3.8, 4) is 5.75 Å². The van der Waals surface area contributed by atoms with E-state index in [1.54, 1.807) is 18.2 Å². The molecule has 6 heteroatoms. The summed E-state index contributed by atoms with van der Waals surface area (Å²) in [4.78, 5) is 0. The lowest BCUT2D eigenvalue weighted by Gasteiger charge is -2.45. The topological polar surface area (TPSA) is 49.7 Å². The molecule has 1 fully saturated rings. The number of aliphatic hydroxyl groups excluding tert-OH is 2. The van der Waals surface area contributed by atoms with Crippen LogP contribution >= 0.6 is 0 Å². The number of aliphatic hydroxyl groups is 2. The quantitative estimate of drug-likeness (QED) is 0.882. The van der Waals surface area contributed by atoms with Crippen LogP contribution in [0.3, 0.4) is 0 Å². The van der Waals surface area contributed by atoms with Crippen molar-refractivity contribution in [3.05, 3.63) is 29.3 Å². The number of aryl methyl sites for hydroxylation is 1. The van der Waals surface area contributed by atoms with Gasteiger partial charge in [0.1, 0.15) is 5.75 Å². The number of hydrogen-bond acceptors (Lipinski definition) is 3. The summed E-state index contributed by atoms with van der Waals surface area (Å²) in [7, 11) is 1.52. The van der Waals surface area contributed by atoms with Crippen molar-refractivity contribution in [3.63, 3.8) is 0 Å². The molecule has 0 aromatic heterocycles. The predicted molar refractivity (Wildman–Crippen MR) is 73.7 cm³/mol. The van der Waals surface area contributed by atoms with Gasteiger partial charge in [-0.3, -0.25) is 0 Å². The lowest BCUT2D eigenvalue weighted by atomic mass is 9.61. The van der Waals surface area contributed by atoms with Crippen molar-refractivity contribution in [1.82, 2.24) is 0 Å². The van der Waals surface area contributed by atoms with Crippen LogP contribution in [-0.4, -0.2) is 36.2 Å². The second-order valence-corrected chi connectivity index (χ2v) is 6.25. The van der Waals surface area contributed by atoms with Gasteiger partial charge < -0.3 is 14.9 Å². The molecule has 1 aromatic rings. The Bertz CT molecular complexity index is 572. The second kappa shape index (κ2) is 5.13. The molecule has 1 aromatic carbocycles. The number of halogens is 3. The molecule has 1 saturated carbocycles. The smallest absolute Gasteiger partial charge is 0.395 e. The fourth-order valence-corrected chi connectivity index (χ4v) is 4.42. The summed E-state index contributed by atoms with van der Waals surface area (Å²) >= 11 is 0. The summed E-state index contributed by atoms with van der Waals surface area (Å²) in [5.41, 5.74) is -0.572. The normalized spacial score (nSPS) is 34.2. The fourth-order valence-electron chi connectivity index (χ4n) is 4.42. The van der Waals surface area contributed by atoms with Crippen LogP contribution in [0.4, 0.5) is 13.2 Å². The maximum atomic E-state index is 13.9. The number of fused-ring (bicyclic) bond motifs is 3. The standard InChI is InChI=1S/C16H19F3O3/c1-22-10-2-3-11-9(6-10)4-5-15(16(17,18)19)12(11)7-14(21)13(15)8-20/h2-3,6,12-14,20-21H,4-5,7-8H2,1H3/t12-,13+,14+,15+/m1/s1. The molecule has 22 heavy (non-hydrogen) atoms. The number of benzene rings is 1. The van der Waals surface area contributed by atoms with Gasteiger partial charge in [0.05, 0.1) is 18.6 Å². The fraction of sp³-hybridized carbons (Fsp3) is 0.625. The van der Waals surface area contributed by atoms with Gasteiger partial charge in [-0.05, 0) is 42.5 Å². The van der Waals surface area contributed by atoms with E-state index in [-0.39, 0.29) is 19.3 Å². The van der Waals surface area contributed by atoms with E-state index >= 15 is 0 Å². The Labute approximate surface area is 126 Å². The molecule has 4 atom stereocenters. The maximum absolute atomic E-state index is 13.9. The van der Waals surface area contributed by atoms with Gasteiger partial charge in [0.25, 0.3) is 0 Å². The molecular formula is C16H19F3O3. The third kappa shape index (κ3) is 1.97. The van der Waals surface area contributed by atoms with E-state index in [9.17, 15) is 23.4 Å². The molecule has 0 unspecified atom stereocenters. The van der Waals surface area contributed by atoms with Crippen LogP contribution in [-0.2, 0) is 6.42 Å². The van der Waals surface area contributed by atoms with E-state index in [1.165, 1.54) is 7.11 Å². The van der Waals surface area contributed by atoms with E-state index in [0.29, 0.717) is 11.3 Å². The SMILES string of the molecule is COc1ccc2c(c1)CC[C@]1(C(F)(F)F)[C@@H]2C[C@H](O)[C@@H]1CO. The van der Waals surface area contributed by atoms with E-state index in [1.807, 2.05) is 0 Å².